The third-order valence-corrected chi connectivity index (χ3v) is 6.89. The summed E-state index contributed by atoms with van der Waals surface area (Å²) >= 11 is 0. The number of carbonyl (C=O) groups is 1. The summed E-state index contributed by atoms with van der Waals surface area (Å²) in [5, 5.41) is 10.4. The maximum absolute atomic E-state index is 12.7. The SMILES string of the molecule is CO[C@@H]1C[C@@H]2C[C@@H](O)C[C@H](CC(=O)O[C@@H](/C=C/CC(C)C)C[C@@H]3CC[C@H](C)[C@@H](C1)O3)O2. The Balaban J connectivity index is 1.78. The van der Waals surface area contributed by atoms with E-state index in [9.17, 15) is 9.90 Å². The molecule has 4 bridgehead atoms. The van der Waals surface area contributed by atoms with Gasteiger partial charge in [0, 0.05) is 26.4 Å². The van der Waals surface area contributed by atoms with E-state index in [2.05, 4.69) is 26.8 Å². The van der Waals surface area contributed by atoms with Gasteiger partial charge in [-0.05, 0) is 50.0 Å². The second kappa shape index (κ2) is 11.8. The third-order valence-electron chi connectivity index (χ3n) is 6.89. The molecule has 3 aliphatic rings. The molecule has 0 saturated carbocycles. The van der Waals surface area contributed by atoms with Crippen molar-refractivity contribution in [3.05, 3.63) is 12.2 Å². The van der Waals surface area contributed by atoms with E-state index < -0.39 is 6.10 Å². The number of hydrogen-bond acceptors (Lipinski definition) is 6. The summed E-state index contributed by atoms with van der Waals surface area (Å²) in [6.45, 7) is 6.59. The van der Waals surface area contributed by atoms with Crippen LogP contribution in [-0.4, -0.2) is 60.9 Å². The lowest BCUT2D eigenvalue weighted by Gasteiger charge is -2.39. The maximum atomic E-state index is 12.7. The molecule has 6 heteroatoms. The first-order chi connectivity index (χ1) is 14.8. The number of cyclic esters (lactones) is 1. The zero-order chi connectivity index (χ0) is 22.4. The molecular formula is C25H42O6. The lowest BCUT2D eigenvalue weighted by molar-refractivity contribution is -0.165. The van der Waals surface area contributed by atoms with Crippen LogP contribution in [0.15, 0.2) is 12.2 Å². The van der Waals surface area contributed by atoms with Crippen LogP contribution in [0.1, 0.15) is 78.6 Å². The zero-order valence-electron chi connectivity index (χ0n) is 19.7. The second-order valence-corrected chi connectivity index (χ2v) is 10.2. The van der Waals surface area contributed by atoms with Gasteiger partial charge in [-0.15, -0.1) is 0 Å². The van der Waals surface area contributed by atoms with Crippen LogP contribution in [-0.2, 0) is 23.7 Å². The van der Waals surface area contributed by atoms with Gasteiger partial charge in [-0.1, -0.05) is 26.8 Å². The minimum Gasteiger partial charge on any atom is -0.458 e. The second-order valence-electron chi connectivity index (χ2n) is 10.2. The summed E-state index contributed by atoms with van der Waals surface area (Å²) in [7, 11) is 1.74. The summed E-state index contributed by atoms with van der Waals surface area (Å²) in [6.07, 6.45) is 9.64. The predicted molar refractivity (Wildman–Crippen MR) is 119 cm³/mol. The molecule has 0 aromatic rings. The minimum absolute atomic E-state index is 0.0128. The Kier molecular flexibility index (Phi) is 9.38. The smallest absolute Gasteiger partial charge is 0.309 e. The van der Waals surface area contributed by atoms with Crippen molar-refractivity contribution < 1.29 is 28.8 Å². The number of methoxy groups -OCH3 is 1. The molecule has 6 nitrogen and oxygen atoms in total. The standard InChI is InChI=1S/C25H42O6/c1-16(2)6-5-7-19-12-20-9-8-17(3)24(30-20)14-21(28-4)13-22-10-18(26)11-23(29-22)15-25(27)31-19/h5,7,16-24,26H,6,8-15H2,1-4H3/b7-5+/t17-,18+,19-,20-,21+,22-,23+,24+/m0/s1. The van der Waals surface area contributed by atoms with Gasteiger partial charge in [0.15, 0.2) is 0 Å². The van der Waals surface area contributed by atoms with Crippen molar-refractivity contribution in [1.82, 2.24) is 0 Å². The van der Waals surface area contributed by atoms with Gasteiger partial charge in [0.05, 0.1) is 43.0 Å². The van der Waals surface area contributed by atoms with Crippen molar-refractivity contribution in [3.63, 3.8) is 0 Å². The van der Waals surface area contributed by atoms with E-state index in [-0.39, 0.29) is 49.0 Å². The Morgan fingerprint density at radius 3 is 2.58 bits per heavy atom. The Morgan fingerprint density at radius 1 is 1.06 bits per heavy atom. The largest absolute Gasteiger partial charge is 0.458 e. The van der Waals surface area contributed by atoms with E-state index in [0.717, 1.165) is 25.7 Å². The van der Waals surface area contributed by atoms with Gasteiger partial charge < -0.3 is 24.1 Å². The molecule has 3 saturated heterocycles. The van der Waals surface area contributed by atoms with Crippen molar-refractivity contribution in [3.8, 4) is 0 Å². The highest BCUT2D eigenvalue weighted by Gasteiger charge is 2.36. The molecule has 3 aliphatic heterocycles. The monoisotopic (exact) mass is 438 g/mol. The summed E-state index contributed by atoms with van der Waals surface area (Å²) in [4.78, 5) is 12.7. The molecule has 3 rings (SSSR count). The van der Waals surface area contributed by atoms with Crippen LogP contribution in [0, 0.1) is 11.8 Å². The Morgan fingerprint density at radius 2 is 1.84 bits per heavy atom. The highest BCUT2D eigenvalue weighted by Crippen LogP contribution is 2.33. The number of allylic oxidation sites excluding steroid dienone is 1. The van der Waals surface area contributed by atoms with E-state index in [1.54, 1.807) is 7.11 Å². The zero-order valence-corrected chi connectivity index (χ0v) is 19.7. The molecule has 3 heterocycles. The molecule has 0 radical (unpaired) electrons. The highest BCUT2D eigenvalue weighted by atomic mass is 16.6. The van der Waals surface area contributed by atoms with Gasteiger partial charge in [-0.25, -0.2) is 0 Å². The van der Waals surface area contributed by atoms with E-state index in [1.165, 1.54) is 0 Å². The van der Waals surface area contributed by atoms with Crippen molar-refractivity contribution in [2.75, 3.05) is 7.11 Å². The Labute approximate surface area is 187 Å². The van der Waals surface area contributed by atoms with E-state index >= 15 is 0 Å². The number of fused-ring (bicyclic) bond motifs is 4. The molecule has 1 N–H and O–H groups in total. The highest BCUT2D eigenvalue weighted by molar-refractivity contribution is 5.70. The summed E-state index contributed by atoms with van der Waals surface area (Å²) in [5.74, 6) is 0.754. The van der Waals surface area contributed by atoms with Gasteiger partial charge >= 0.3 is 5.97 Å². The fraction of sp³-hybridized carbons (Fsp3) is 0.880. The van der Waals surface area contributed by atoms with Crippen molar-refractivity contribution in [2.24, 2.45) is 11.8 Å². The summed E-state index contributed by atoms with van der Waals surface area (Å²) in [5.41, 5.74) is 0. The molecule has 31 heavy (non-hydrogen) atoms. The number of aliphatic hydroxyl groups is 1. The molecule has 0 aliphatic carbocycles. The lowest BCUT2D eigenvalue weighted by atomic mass is 9.87. The predicted octanol–water partition coefficient (Wildman–Crippen LogP) is 4.18. The first kappa shape index (κ1) is 24.7. The number of ether oxygens (including phenoxy) is 4. The van der Waals surface area contributed by atoms with E-state index in [1.807, 2.05) is 6.08 Å². The molecule has 0 spiro atoms. The van der Waals surface area contributed by atoms with Crippen molar-refractivity contribution in [2.45, 2.75) is 121 Å². The Hall–Kier alpha value is -0.950. The molecular weight excluding hydrogens is 396 g/mol. The fourth-order valence-electron chi connectivity index (χ4n) is 5.09. The van der Waals surface area contributed by atoms with Gasteiger partial charge in [-0.3, -0.25) is 4.79 Å². The van der Waals surface area contributed by atoms with Gasteiger partial charge in [0.25, 0.3) is 0 Å². The number of aliphatic hydroxyl groups excluding tert-OH is 1. The van der Waals surface area contributed by atoms with Crippen LogP contribution in [0.25, 0.3) is 0 Å². The number of carbonyl (C=O) groups excluding carboxylic acids is 1. The Bertz CT molecular complexity index is 591. The third kappa shape index (κ3) is 7.85. The van der Waals surface area contributed by atoms with Crippen LogP contribution >= 0.6 is 0 Å². The van der Waals surface area contributed by atoms with Crippen LogP contribution in [0.5, 0.6) is 0 Å². The number of hydrogen-bond donors (Lipinski definition) is 1. The molecule has 0 aromatic carbocycles. The first-order valence-electron chi connectivity index (χ1n) is 12.2. The van der Waals surface area contributed by atoms with Crippen LogP contribution in [0.3, 0.4) is 0 Å². The molecule has 0 amide bonds. The van der Waals surface area contributed by atoms with Gasteiger partial charge in [0.2, 0.25) is 0 Å². The molecule has 8 atom stereocenters. The number of rotatable bonds is 4. The van der Waals surface area contributed by atoms with Gasteiger partial charge in [-0.2, -0.15) is 0 Å². The van der Waals surface area contributed by atoms with Crippen LogP contribution in [0.4, 0.5) is 0 Å². The average molecular weight is 439 g/mol. The summed E-state index contributed by atoms with van der Waals surface area (Å²) in [6, 6.07) is 0. The molecule has 3 fully saturated rings. The molecule has 0 unspecified atom stereocenters. The van der Waals surface area contributed by atoms with Gasteiger partial charge in [0.1, 0.15) is 6.10 Å². The van der Waals surface area contributed by atoms with E-state index in [4.69, 9.17) is 18.9 Å². The first-order valence-corrected chi connectivity index (χ1v) is 12.2. The van der Waals surface area contributed by atoms with E-state index in [0.29, 0.717) is 37.5 Å². The molecule has 178 valence electrons. The quantitative estimate of drug-likeness (QED) is 0.524. The normalized spacial score (nSPS) is 40.5. The molecule has 0 aromatic heterocycles. The van der Waals surface area contributed by atoms with Crippen molar-refractivity contribution in [1.29, 1.82) is 0 Å². The van der Waals surface area contributed by atoms with Crippen molar-refractivity contribution >= 4 is 5.97 Å². The van der Waals surface area contributed by atoms with Crippen LogP contribution < -0.4 is 0 Å². The summed E-state index contributed by atoms with van der Waals surface area (Å²) < 4.78 is 24.3. The number of esters is 1. The topological polar surface area (TPSA) is 74.2 Å². The maximum Gasteiger partial charge on any atom is 0.309 e. The minimum atomic E-state index is -0.460. The fourth-order valence-corrected chi connectivity index (χ4v) is 5.09. The average Bonchev–Trinajstić information content (AvgIpc) is 2.68. The van der Waals surface area contributed by atoms with Crippen LogP contribution in [0.2, 0.25) is 0 Å². The lowest BCUT2D eigenvalue weighted by Crippen LogP contribution is -2.42.